The van der Waals surface area contributed by atoms with Gasteiger partial charge >= 0.3 is 0 Å². The van der Waals surface area contributed by atoms with Crippen LogP contribution in [0, 0.1) is 13.8 Å². The molecule has 2 heterocycles. The second-order valence-electron chi connectivity index (χ2n) is 6.60. The van der Waals surface area contributed by atoms with Crippen LogP contribution in [0.3, 0.4) is 0 Å². The van der Waals surface area contributed by atoms with Crippen LogP contribution in [0.4, 0.5) is 0 Å². The van der Waals surface area contributed by atoms with Crippen LogP contribution in [-0.2, 0) is 11.3 Å². The molecule has 1 aliphatic heterocycles. The minimum Gasteiger partial charge on any atom is -0.491 e. The van der Waals surface area contributed by atoms with Crippen molar-refractivity contribution in [1.29, 1.82) is 0 Å². The molecule has 25 heavy (non-hydrogen) atoms. The van der Waals surface area contributed by atoms with E-state index in [0.717, 1.165) is 43.1 Å². The van der Waals surface area contributed by atoms with Crippen molar-refractivity contribution < 1.29 is 14.3 Å². The van der Waals surface area contributed by atoms with Crippen molar-refractivity contribution >= 4 is 17.1 Å². The molecule has 1 fully saturated rings. The van der Waals surface area contributed by atoms with Crippen LogP contribution < -0.4 is 4.74 Å². The van der Waals surface area contributed by atoms with Gasteiger partial charge in [0.05, 0.1) is 6.61 Å². The highest BCUT2D eigenvalue weighted by Gasteiger charge is 2.22. The van der Waals surface area contributed by atoms with Crippen LogP contribution in [0.2, 0.25) is 0 Å². The second kappa shape index (κ2) is 8.13. The van der Waals surface area contributed by atoms with Gasteiger partial charge in [-0.2, -0.15) is 0 Å². The zero-order valence-corrected chi connectivity index (χ0v) is 15.9. The van der Waals surface area contributed by atoms with Gasteiger partial charge in [-0.25, -0.2) is 0 Å². The number of nitrogens with zero attached hydrogens (tertiary/aromatic N) is 1. The highest BCUT2D eigenvalue weighted by Crippen LogP contribution is 2.21. The van der Waals surface area contributed by atoms with E-state index in [-0.39, 0.29) is 11.9 Å². The number of hydrogen-bond donors (Lipinski definition) is 0. The molecular weight excluding hydrogens is 334 g/mol. The zero-order valence-electron chi connectivity index (χ0n) is 15.1. The molecule has 1 aromatic carbocycles. The highest BCUT2D eigenvalue weighted by atomic mass is 32.1. The summed E-state index contributed by atoms with van der Waals surface area (Å²) >= 11 is 1.82. The van der Waals surface area contributed by atoms with Crippen molar-refractivity contribution in [2.75, 3.05) is 26.3 Å². The number of benzene rings is 1. The smallest absolute Gasteiger partial charge is 0.160 e. The fourth-order valence-electron chi connectivity index (χ4n) is 3.10. The highest BCUT2D eigenvalue weighted by molar-refractivity contribution is 7.10. The van der Waals surface area contributed by atoms with Gasteiger partial charge in [-0.3, -0.25) is 9.69 Å². The zero-order chi connectivity index (χ0) is 17.8. The molecule has 1 saturated heterocycles. The Morgan fingerprint density at radius 3 is 2.84 bits per heavy atom. The average molecular weight is 359 g/mol. The molecule has 2 aromatic rings. The Kier molecular flexibility index (Phi) is 5.89. The van der Waals surface area contributed by atoms with Gasteiger partial charge in [-0.15, -0.1) is 11.3 Å². The van der Waals surface area contributed by atoms with Crippen LogP contribution >= 0.6 is 11.3 Å². The quantitative estimate of drug-likeness (QED) is 0.735. The Morgan fingerprint density at radius 2 is 2.16 bits per heavy atom. The third-order valence-electron chi connectivity index (χ3n) is 4.57. The topological polar surface area (TPSA) is 38.8 Å². The van der Waals surface area contributed by atoms with Gasteiger partial charge in [0.15, 0.2) is 5.78 Å². The van der Waals surface area contributed by atoms with E-state index < -0.39 is 0 Å². The molecule has 1 aromatic heterocycles. The number of hydrogen-bond acceptors (Lipinski definition) is 5. The standard InChI is InChI=1S/C20H25NO3S/c1-14-6-9-25-20(14)12-21-7-8-23-18(11-21)13-24-17-4-5-19(16(3)22)15(2)10-17/h4-6,9-10,18H,7-8,11-13H2,1-3H3. The molecule has 1 unspecified atom stereocenters. The van der Waals surface area contributed by atoms with Crippen molar-refractivity contribution in [2.45, 2.75) is 33.4 Å². The van der Waals surface area contributed by atoms with E-state index in [2.05, 4.69) is 23.3 Å². The van der Waals surface area contributed by atoms with Gasteiger partial charge < -0.3 is 9.47 Å². The number of ketones is 1. The number of thiophene rings is 1. The minimum atomic E-state index is 0.0711. The SMILES string of the molecule is CC(=O)c1ccc(OCC2CN(Cc3sccc3C)CCO2)cc1C. The number of aryl methyl sites for hydroxylation is 2. The van der Waals surface area contributed by atoms with Gasteiger partial charge in [0, 0.05) is 30.1 Å². The summed E-state index contributed by atoms with van der Waals surface area (Å²) in [5, 5.41) is 2.15. The molecular formula is C20H25NO3S. The molecule has 0 saturated carbocycles. The predicted molar refractivity (Wildman–Crippen MR) is 101 cm³/mol. The molecule has 1 atom stereocenters. The first-order valence-electron chi connectivity index (χ1n) is 8.64. The Hall–Kier alpha value is -1.69. The number of ether oxygens (including phenoxy) is 2. The number of morpholine rings is 1. The average Bonchev–Trinajstić information content (AvgIpc) is 2.98. The molecule has 3 rings (SSSR count). The van der Waals surface area contributed by atoms with Crippen LogP contribution in [0.25, 0.3) is 0 Å². The molecule has 4 nitrogen and oxygen atoms in total. The van der Waals surface area contributed by atoms with Gasteiger partial charge in [0.1, 0.15) is 18.5 Å². The Balaban J connectivity index is 1.53. The summed E-state index contributed by atoms with van der Waals surface area (Å²) in [5.41, 5.74) is 3.06. The summed E-state index contributed by atoms with van der Waals surface area (Å²) in [5.74, 6) is 0.872. The maximum absolute atomic E-state index is 11.5. The van der Waals surface area contributed by atoms with E-state index >= 15 is 0 Å². The normalized spacial score (nSPS) is 18.3. The third kappa shape index (κ3) is 4.69. The number of carbonyl (C=O) groups excluding carboxylic acids is 1. The molecule has 0 radical (unpaired) electrons. The molecule has 5 heteroatoms. The molecule has 0 spiro atoms. The molecule has 0 bridgehead atoms. The monoisotopic (exact) mass is 359 g/mol. The first-order chi connectivity index (χ1) is 12.0. The van der Waals surface area contributed by atoms with Gasteiger partial charge in [-0.1, -0.05) is 0 Å². The van der Waals surface area contributed by atoms with Gasteiger partial charge in [0.25, 0.3) is 0 Å². The van der Waals surface area contributed by atoms with Crippen molar-refractivity contribution in [3.05, 3.63) is 51.2 Å². The minimum absolute atomic E-state index is 0.0711. The fourth-order valence-corrected chi connectivity index (χ4v) is 4.05. The predicted octanol–water partition coefficient (Wildman–Crippen LogP) is 3.85. The van der Waals surface area contributed by atoms with Crippen molar-refractivity contribution in [2.24, 2.45) is 0 Å². The van der Waals surface area contributed by atoms with E-state index in [4.69, 9.17) is 9.47 Å². The van der Waals surface area contributed by atoms with Gasteiger partial charge in [-0.05, 0) is 61.5 Å². The van der Waals surface area contributed by atoms with Crippen molar-refractivity contribution in [1.82, 2.24) is 4.90 Å². The summed E-state index contributed by atoms with van der Waals surface area (Å²) in [4.78, 5) is 15.4. The summed E-state index contributed by atoms with van der Waals surface area (Å²) < 4.78 is 11.8. The molecule has 0 amide bonds. The lowest BCUT2D eigenvalue weighted by Crippen LogP contribution is -2.44. The molecule has 1 aliphatic rings. The molecule has 0 N–H and O–H groups in total. The summed E-state index contributed by atoms with van der Waals surface area (Å²) in [6.07, 6.45) is 0.0711. The maximum Gasteiger partial charge on any atom is 0.160 e. The summed E-state index contributed by atoms with van der Waals surface area (Å²) in [6.45, 7) is 9.77. The Bertz CT molecular complexity index is 740. The van der Waals surface area contributed by atoms with Crippen LogP contribution in [0.15, 0.2) is 29.6 Å². The maximum atomic E-state index is 11.5. The summed E-state index contributed by atoms with van der Waals surface area (Å²) in [6, 6.07) is 7.79. The van der Waals surface area contributed by atoms with Crippen molar-refractivity contribution in [3.8, 4) is 5.75 Å². The van der Waals surface area contributed by atoms with E-state index in [1.165, 1.54) is 10.4 Å². The van der Waals surface area contributed by atoms with Crippen LogP contribution in [0.5, 0.6) is 5.75 Å². The first-order valence-corrected chi connectivity index (χ1v) is 9.52. The lowest BCUT2D eigenvalue weighted by atomic mass is 10.1. The first kappa shape index (κ1) is 18.1. The number of carbonyl (C=O) groups is 1. The van der Waals surface area contributed by atoms with E-state index in [1.54, 1.807) is 6.92 Å². The fraction of sp³-hybridized carbons (Fsp3) is 0.450. The van der Waals surface area contributed by atoms with Crippen molar-refractivity contribution in [3.63, 3.8) is 0 Å². The van der Waals surface area contributed by atoms with E-state index in [9.17, 15) is 4.79 Å². The summed E-state index contributed by atoms with van der Waals surface area (Å²) in [7, 11) is 0. The Labute approximate surface area is 153 Å². The lowest BCUT2D eigenvalue weighted by Gasteiger charge is -2.32. The second-order valence-corrected chi connectivity index (χ2v) is 7.60. The number of Topliss-reactive ketones (excluding diaryl/α,β-unsaturated/α-hetero) is 1. The van der Waals surface area contributed by atoms with Gasteiger partial charge in [0.2, 0.25) is 0 Å². The largest absolute Gasteiger partial charge is 0.491 e. The molecule has 134 valence electrons. The van der Waals surface area contributed by atoms with Crippen LogP contribution in [-0.4, -0.2) is 43.1 Å². The van der Waals surface area contributed by atoms with E-state index in [1.807, 2.05) is 36.5 Å². The molecule has 0 aliphatic carbocycles. The van der Waals surface area contributed by atoms with Crippen LogP contribution in [0.1, 0.15) is 33.3 Å². The third-order valence-corrected chi connectivity index (χ3v) is 5.58. The number of rotatable bonds is 6. The Morgan fingerprint density at radius 1 is 1.32 bits per heavy atom. The van der Waals surface area contributed by atoms with E-state index in [0.29, 0.717) is 6.61 Å². The lowest BCUT2D eigenvalue weighted by molar-refractivity contribution is -0.0502.